The molecule has 3 saturated carbocycles. The molecule has 4 rings (SSSR count). The minimum Gasteiger partial charge on any atom is -0.448 e. The summed E-state index contributed by atoms with van der Waals surface area (Å²) in [5, 5.41) is 9.86. The first-order valence-electron chi connectivity index (χ1n) is 7.26. The molecule has 0 aromatic carbocycles. The predicted molar refractivity (Wildman–Crippen MR) is 66.1 cm³/mol. The lowest BCUT2D eigenvalue weighted by Crippen LogP contribution is -2.52. The van der Waals surface area contributed by atoms with Crippen molar-refractivity contribution in [2.75, 3.05) is 6.61 Å². The zero-order valence-electron chi connectivity index (χ0n) is 11.4. The highest BCUT2D eigenvalue weighted by Gasteiger charge is 2.82. The van der Waals surface area contributed by atoms with Gasteiger partial charge in [0, 0.05) is 11.8 Å². The van der Waals surface area contributed by atoms with Gasteiger partial charge in [-0.3, -0.25) is 9.59 Å². The van der Waals surface area contributed by atoms with Crippen LogP contribution in [0.3, 0.4) is 0 Å². The highest BCUT2D eigenvalue weighted by molar-refractivity contribution is 5.98. The van der Waals surface area contributed by atoms with Crippen LogP contribution in [0.4, 0.5) is 0 Å². The molecule has 1 N–H and O–H groups in total. The van der Waals surface area contributed by atoms with Crippen molar-refractivity contribution in [2.24, 2.45) is 28.6 Å². The lowest BCUT2D eigenvalue weighted by Gasteiger charge is -2.41. The van der Waals surface area contributed by atoms with Gasteiger partial charge in [-0.25, -0.2) is 0 Å². The van der Waals surface area contributed by atoms with Crippen LogP contribution in [-0.2, 0) is 14.3 Å². The molecule has 5 unspecified atom stereocenters. The number of hydrogen-bond donors (Lipinski definition) is 1. The van der Waals surface area contributed by atoms with Gasteiger partial charge in [-0.15, -0.1) is 0 Å². The number of aliphatic hydroxyl groups is 1. The van der Waals surface area contributed by atoms with Crippen molar-refractivity contribution in [1.29, 1.82) is 0 Å². The third-order valence-electron chi connectivity index (χ3n) is 6.68. The van der Waals surface area contributed by atoms with Crippen LogP contribution in [0.15, 0.2) is 0 Å². The van der Waals surface area contributed by atoms with Crippen molar-refractivity contribution in [2.45, 2.75) is 45.1 Å². The van der Waals surface area contributed by atoms with E-state index in [1.807, 2.05) is 0 Å². The molecule has 4 aliphatic rings. The van der Waals surface area contributed by atoms with Crippen molar-refractivity contribution in [3.63, 3.8) is 0 Å². The quantitative estimate of drug-likeness (QED) is 0.725. The van der Waals surface area contributed by atoms with Gasteiger partial charge in [0.15, 0.2) is 11.4 Å². The number of rotatable bonds is 1. The van der Waals surface area contributed by atoms with Crippen LogP contribution in [-0.4, -0.2) is 29.1 Å². The number of ketones is 1. The van der Waals surface area contributed by atoms with Crippen LogP contribution in [0, 0.1) is 28.6 Å². The Balaban J connectivity index is 1.97. The number of hydrogen-bond acceptors (Lipinski definition) is 4. The van der Waals surface area contributed by atoms with Crippen molar-refractivity contribution in [3.8, 4) is 0 Å². The van der Waals surface area contributed by atoms with E-state index < -0.39 is 11.0 Å². The van der Waals surface area contributed by atoms with E-state index in [2.05, 4.69) is 13.8 Å². The largest absolute Gasteiger partial charge is 0.448 e. The van der Waals surface area contributed by atoms with E-state index in [-0.39, 0.29) is 35.6 Å². The number of aliphatic hydroxyl groups excluding tert-OH is 1. The number of ether oxygens (including phenoxy) is 1. The first kappa shape index (κ1) is 11.9. The Labute approximate surface area is 112 Å². The van der Waals surface area contributed by atoms with E-state index >= 15 is 0 Å². The second kappa shape index (κ2) is 3.05. The van der Waals surface area contributed by atoms with E-state index in [4.69, 9.17) is 4.74 Å². The maximum absolute atomic E-state index is 12.5. The third-order valence-corrected chi connectivity index (χ3v) is 6.68. The van der Waals surface area contributed by atoms with Crippen molar-refractivity contribution < 1.29 is 19.4 Å². The Morgan fingerprint density at radius 3 is 2.68 bits per heavy atom. The molecule has 1 heterocycles. The molecule has 5 atom stereocenters. The van der Waals surface area contributed by atoms with Crippen molar-refractivity contribution in [1.82, 2.24) is 0 Å². The number of Topliss-reactive ketones (excluding diaryl/α,β-unsaturated/α-hetero) is 1. The van der Waals surface area contributed by atoms with Gasteiger partial charge in [0.2, 0.25) is 0 Å². The summed E-state index contributed by atoms with van der Waals surface area (Å²) < 4.78 is 5.52. The summed E-state index contributed by atoms with van der Waals surface area (Å²) in [5.74, 6) is 0.249. The number of esters is 1. The zero-order chi connectivity index (χ0) is 13.6. The zero-order valence-corrected chi connectivity index (χ0v) is 11.4. The SMILES string of the molecule is CC1(C)CC23C4CCC1C2CC(=O)C3(CO)OC4=O. The van der Waals surface area contributed by atoms with Crippen LogP contribution in [0.2, 0.25) is 0 Å². The first-order valence-corrected chi connectivity index (χ1v) is 7.26. The topological polar surface area (TPSA) is 63.6 Å². The Morgan fingerprint density at radius 2 is 2.00 bits per heavy atom. The van der Waals surface area contributed by atoms with Crippen LogP contribution in [0.1, 0.15) is 39.5 Å². The minimum absolute atomic E-state index is 0.0433. The summed E-state index contributed by atoms with van der Waals surface area (Å²) >= 11 is 0. The predicted octanol–water partition coefficient (Wildman–Crippen LogP) is 1.31. The fourth-order valence-corrected chi connectivity index (χ4v) is 6.16. The lowest BCUT2D eigenvalue weighted by molar-refractivity contribution is -0.164. The Morgan fingerprint density at radius 1 is 1.26 bits per heavy atom. The Hall–Kier alpha value is -0.900. The molecule has 1 saturated heterocycles. The molecule has 104 valence electrons. The summed E-state index contributed by atoms with van der Waals surface area (Å²) in [6, 6.07) is 0. The van der Waals surface area contributed by atoms with E-state index in [0.717, 1.165) is 19.3 Å². The highest BCUT2D eigenvalue weighted by atomic mass is 16.6. The normalized spacial score (nSPS) is 53.3. The third kappa shape index (κ3) is 0.979. The van der Waals surface area contributed by atoms with E-state index in [0.29, 0.717) is 12.3 Å². The molecule has 0 aromatic heterocycles. The smallest absolute Gasteiger partial charge is 0.310 e. The molecule has 1 spiro atoms. The van der Waals surface area contributed by atoms with Crippen molar-refractivity contribution >= 4 is 11.8 Å². The van der Waals surface area contributed by atoms with E-state index in [1.165, 1.54) is 0 Å². The summed E-state index contributed by atoms with van der Waals surface area (Å²) in [4.78, 5) is 24.7. The first-order chi connectivity index (χ1) is 8.89. The van der Waals surface area contributed by atoms with Gasteiger partial charge in [-0.05, 0) is 36.5 Å². The maximum Gasteiger partial charge on any atom is 0.310 e. The van der Waals surface area contributed by atoms with E-state index in [9.17, 15) is 14.7 Å². The molecule has 0 amide bonds. The van der Waals surface area contributed by atoms with Gasteiger partial charge in [-0.1, -0.05) is 13.8 Å². The fraction of sp³-hybridized carbons (Fsp3) is 0.867. The molecule has 4 fully saturated rings. The van der Waals surface area contributed by atoms with E-state index in [1.54, 1.807) is 0 Å². The summed E-state index contributed by atoms with van der Waals surface area (Å²) in [6.07, 6.45) is 3.14. The average Bonchev–Trinajstić information content (AvgIpc) is 2.77. The monoisotopic (exact) mass is 264 g/mol. The maximum atomic E-state index is 12.5. The van der Waals surface area contributed by atoms with Crippen LogP contribution < -0.4 is 0 Å². The number of carbonyl (C=O) groups excluding carboxylic acids is 2. The molecule has 4 nitrogen and oxygen atoms in total. The molecular formula is C15H20O4. The highest BCUT2D eigenvalue weighted by Crippen LogP contribution is 2.76. The molecule has 3 aliphatic carbocycles. The van der Waals surface area contributed by atoms with Gasteiger partial charge in [0.05, 0.1) is 12.5 Å². The molecule has 19 heavy (non-hydrogen) atoms. The molecular weight excluding hydrogens is 244 g/mol. The summed E-state index contributed by atoms with van der Waals surface area (Å²) in [5.41, 5.74) is -1.50. The molecule has 0 radical (unpaired) electrons. The van der Waals surface area contributed by atoms with Crippen LogP contribution >= 0.6 is 0 Å². The second-order valence-electron chi connectivity index (χ2n) is 7.58. The van der Waals surface area contributed by atoms with Gasteiger partial charge < -0.3 is 9.84 Å². The number of carbonyl (C=O) groups is 2. The summed E-state index contributed by atoms with van der Waals surface area (Å²) in [7, 11) is 0. The van der Waals surface area contributed by atoms with Crippen LogP contribution in [0.25, 0.3) is 0 Å². The second-order valence-corrected chi connectivity index (χ2v) is 7.58. The summed E-state index contributed by atoms with van der Waals surface area (Å²) in [6.45, 7) is 4.14. The average molecular weight is 264 g/mol. The fourth-order valence-electron chi connectivity index (χ4n) is 6.16. The molecule has 1 aliphatic heterocycles. The van der Waals surface area contributed by atoms with Gasteiger partial charge >= 0.3 is 5.97 Å². The van der Waals surface area contributed by atoms with Crippen LogP contribution in [0.5, 0.6) is 0 Å². The lowest BCUT2D eigenvalue weighted by atomic mass is 9.59. The van der Waals surface area contributed by atoms with Crippen molar-refractivity contribution in [3.05, 3.63) is 0 Å². The van der Waals surface area contributed by atoms with Gasteiger partial charge in [0.25, 0.3) is 0 Å². The van der Waals surface area contributed by atoms with Gasteiger partial charge in [-0.2, -0.15) is 0 Å². The standard InChI is InChI=1S/C15H20O4/c1-13(2)6-14-9-4-3-8(13)10(14)5-11(17)15(14,7-16)19-12(9)18/h8-10,16H,3-7H2,1-2H3. The minimum atomic E-state index is -1.22. The Kier molecular flexibility index (Phi) is 1.91. The molecule has 4 heteroatoms. The molecule has 0 aromatic rings. The van der Waals surface area contributed by atoms with Gasteiger partial charge in [0.1, 0.15) is 0 Å². The Bertz CT molecular complexity index is 496. The molecule has 2 bridgehead atoms.